The fraction of sp³-hybridized carbons (Fsp3) is 0.160. The van der Waals surface area contributed by atoms with Crippen molar-refractivity contribution in [3.63, 3.8) is 0 Å². The lowest BCUT2D eigenvalue weighted by Gasteiger charge is -2.12. The molecule has 1 N–H and O–H groups in total. The first-order valence-electron chi connectivity index (χ1n) is 10.9. The normalized spacial score (nSPS) is 10.9. The molecule has 0 aliphatic rings. The molecule has 2 heterocycles. The highest BCUT2D eigenvalue weighted by molar-refractivity contribution is 7.99. The molecule has 0 bridgehead atoms. The number of pyridine rings is 1. The van der Waals surface area contributed by atoms with Crippen molar-refractivity contribution in [2.45, 2.75) is 5.16 Å². The Balaban J connectivity index is 1.50. The van der Waals surface area contributed by atoms with E-state index < -0.39 is 0 Å². The first-order chi connectivity index (χ1) is 18.0. The van der Waals surface area contributed by atoms with Crippen molar-refractivity contribution in [3.05, 3.63) is 71.5 Å². The number of halogens is 1. The Morgan fingerprint density at radius 2 is 1.70 bits per heavy atom. The summed E-state index contributed by atoms with van der Waals surface area (Å²) in [5, 5.41) is 13.9. The highest BCUT2D eigenvalue weighted by atomic mass is 35.5. The van der Waals surface area contributed by atoms with Gasteiger partial charge in [0.25, 0.3) is 5.91 Å². The second-order valence-corrected chi connectivity index (χ2v) is 8.76. The number of carbonyl (C=O) groups excluding carboxylic acids is 1. The van der Waals surface area contributed by atoms with Crippen molar-refractivity contribution in [2.75, 3.05) is 27.1 Å². The average Bonchev–Trinajstić information content (AvgIpc) is 3.36. The molecule has 0 unspecified atom stereocenters. The van der Waals surface area contributed by atoms with Crippen LogP contribution in [0.15, 0.2) is 71.2 Å². The third kappa shape index (κ3) is 6.19. The Labute approximate surface area is 222 Å². The van der Waals surface area contributed by atoms with Crippen LogP contribution in [0, 0.1) is 0 Å². The fourth-order valence-electron chi connectivity index (χ4n) is 3.37. The highest BCUT2D eigenvalue weighted by Gasteiger charge is 2.17. The molecule has 0 fully saturated rings. The van der Waals surface area contributed by atoms with Gasteiger partial charge in [-0.1, -0.05) is 23.4 Å². The summed E-state index contributed by atoms with van der Waals surface area (Å²) in [6.07, 6.45) is 4.82. The largest absolute Gasteiger partial charge is 0.496 e. The summed E-state index contributed by atoms with van der Waals surface area (Å²) < 4.78 is 17.9. The van der Waals surface area contributed by atoms with Crippen LogP contribution in [0.3, 0.4) is 0 Å². The number of hydrogen-bond donors (Lipinski definition) is 1. The SMILES string of the molecule is COc1cc(OC)c(C=NNC(=O)CSc2nnc(-c3ccncc3)n2-c2ccc(Cl)cc2)c(OC)c1. The second-order valence-electron chi connectivity index (χ2n) is 7.38. The number of rotatable bonds is 10. The minimum atomic E-state index is -0.330. The molecule has 4 aromatic rings. The summed E-state index contributed by atoms with van der Waals surface area (Å²) in [6, 6.07) is 14.4. The van der Waals surface area contributed by atoms with Gasteiger partial charge in [-0.05, 0) is 36.4 Å². The Morgan fingerprint density at radius 1 is 1.03 bits per heavy atom. The number of thioether (sulfide) groups is 1. The van der Waals surface area contributed by atoms with Crippen molar-refractivity contribution in [1.82, 2.24) is 25.2 Å². The number of nitrogens with zero attached hydrogens (tertiary/aromatic N) is 5. The Morgan fingerprint density at radius 3 is 2.32 bits per heavy atom. The highest BCUT2D eigenvalue weighted by Crippen LogP contribution is 2.32. The van der Waals surface area contributed by atoms with Crippen LogP contribution in [0.1, 0.15) is 5.56 Å². The zero-order valence-electron chi connectivity index (χ0n) is 20.2. The van der Waals surface area contributed by atoms with Crippen molar-refractivity contribution >= 4 is 35.5 Å². The van der Waals surface area contributed by atoms with Gasteiger partial charge in [-0.15, -0.1) is 10.2 Å². The number of hydrazone groups is 1. The maximum absolute atomic E-state index is 12.6. The summed E-state index contributed by atoms with van der Waals surface area (Å²) >= 11 is 7.30. The number of carbonyl (C=O) groups is 1. The van der Waals surface area contributed by atoms with E-state index in [4.69, 9.17) is 25.8 Å². The maximum atomic E-state index is 12.6. The molecule has 190 valence electrons. The molecule has 1 amide bonds. The molecule has 0 saturated carbocycles. The molecule has 0 saturated heterocycles. The van der Waals surface area contributed by atoms with Crippen LogP contribution in [-0.2, 0) is 4.79 Å². The van der Waals surface area contributed by atoms with Crippen molar-refractivity contribution in [3.8, 4) is 34.3 Å². The smallest absolute Gasteiger partial charge is 0.250 e. The van der Waals surface area contributed by atoms with Gasteiger partial charge in [-0.2, -0.15) is 5.10 Å². The molecule has 0 atom stereocenters. The van der Waals surface area contributed by atoms with Crippen LogP contribution in [0.4, 0.5) is 0 Å². The predicted molar refractivity (Wildman–Crippen MR) is 142 cm³/mol. The lowest BCUT2D eigenvalue weighted by atomic mass is 10.2. The predicted octanol–water partition coefficient (Wildman–Crippen LogP) is 4.25. The van der Waals surface area contributed by atoms with Crippen LogP contribution < -0.4 is 19.6 Å². The summed E-state index contributed by atoms with van der Waals surface area (Å²) in [7, 11) is 4.60. The van der Waals surface area contributed by atoms with E-state index in [9.17, 15) is 4.79 Å². The van der Waals surface area contributed by atoms with E-state index in [0.717, 1.165) is 11.3 Å². The molecule has 0 aliphatic carbocycles. The van der Waals surface area contributed by atoms with Crippen LogP contribution in [0.5, 0.6) is 17.2 Å². The summed E-state index contributed by atoms with van der Waals surface area (Å²) in [4.78, 5) is 16.6. The van der Waals surface area contributed by atoms with Crippen LogP contribution in [0.25, 0.3) is 17.1 Å². The van der Waals surface area contributed by atoms with Crippen molar-refractivity contribution in [1.29, 1.82) is 0 Å². The lowest BCUT2D eigenvalue weighted by molar-refractivity contribution is -0.118. The molecular weight excluding hydrogens is 516 g/mol. The molecule has 2 aromatic heterocycles. The van der Waals surface area contributed by atoms with Gasteiger partial charge in [0.1, 0.15) is 17.2 Å². The number of methoxy groups -OCH3 is 3. The number of hydrogen-bond acceptors (Lipinski definition) is 9. The average molecular weight is 539 g/mol. The van der Waals surface area contributed by atoms with Crippen molar-refractivity contribution in [2.24, 2.45) is 5.10 Å². The molecule has 2 aromatic carbocycles. The number of ether oxygens (including phenoxy) is 3. The van der Waals surface area contributed by atoms with E-state index in [1.807, 2.05) is 28.8 Å². The number of benzene rings is 2. The van der Waals surface area contributed by atoms with E-state index in [-0.39, 0.29) is 11.7 Å². The van der Waals surface area contributed by atoms with Crippen LogP contribution >= 0.6 is 23.4 Å². The number of amides is 1. The minimum absolute atomic E-state index is 0.0519. The first-order valence-corrected chi connectivity index (χ1v) is 12.3. The maximum Gasteiger partial charge on any atom is 0.250 e. The minimum Gasteiger partial charge on any atom is -0.496 e. The second kappa shape index (κ2) is 12.2. The lowest BCUT2D eigenvalue weighted by Crippen LogP contribution is -2.20. The fourth-order valence-corrected chi connectivity index (χ4v) is 4.24. The van der Waals surface area contributed by atoms with Gasteiger partial charge >= 0.3 is 0 Å². The van der Waals surface area contributed by atoms with Crippen LogP contribution in [0.2, 0.25) is 5.02 Å². The third-order valence-electron chi connectivity index (χ3n) is 5.13. The van der Waals surface area contributed by atoms with Gasteiger partial charge < -0.3 is 14.2 Å². The van der Waals surface area contributed by atoms with Crippen molar-refractivity contribution < 1.29 is 19.0 Å². The molecule has 37 heavy (non-hydrogen) atoms. The monoisotopic (exact) mass is 538 g/mol. The Bertz CT molecular complexity index is 1370. The quantitative estimate of drug-likeness (QED) is 0.181. The van der Waals surface area contributed by atoms with Gasteiger partial charge in [0.05, 0.1) is 38.9 Å². The topological polar surface area (TPSA) is 113 Å². The third-order valence-corrected chi connectivity index (χ3v) is 6.31. The molecule has 12 heteroatoms. The van der Waals surface area contributed by atoms with Crippen LogP contribution in [-0.4, -0.2) is 59.0 Å². The molecule has 4 rings (SSSR count). The molecule has 0 spiro atoms. The van der Waals surface area contributed by atoms with Gasteiger partial charge in [-0.3, -0.25) is 14.3 Å². The molecule has 0 radical (unpaired) electrons. The van der Waals surface area contributed by atoms with Gasteiger partial charge in [0.2, 0.25) is 0 Å². The molecule has 0 aliphatic heterocycles. The van der Waals surface area contributed by atoms with E-state index in [2.05, 4.69) is 25.7 Å². The zero-order valence-corrected chi connectivity index (χ0v) is 21.8. The number of aromatic nitrogens is 4. The summed E-state index contributed by atoms with van der Waals surface area (Å²) in [5.41, 5.74) is 4.72. The molecule has 10 nitrogen and oxygen atoms in total. The van der Waals surface area contributed by atoms with Gasteiger partial charge in [0.15, 0.2) is 11.0 Å². The standard InChI is InChI=1S/C25H23ClN6O4S/c1-34-19-12-21(35-2)20(22(13-19)36-3)14-28-29-23(33)15-37-25-31-30-24(16-8-10-27-11-9-16)32(25)18-6-4-17(26)5-7-18/h4-14H,15H2,1-3H3,(H,29,33). The first kappa shape index (κ1) is 26.0. The Kier molecular flexibility index (Phi) is 8.60. The van der Waals surface area contributed by atoms with E-state index >= 15 is 0 Å². The van der Waals surface area contributed by atoms with E-state index in [0.29, 0.717) is 38.8 Å². The van der Waals surface area contributed by atoms with Gasteiger partial charge in [0, 0.05) is 40.8 Å². The number of nitrogens with one attached hydrogen (secondary N) is 1. The van der Waals surface area contributed by atoms with Gasteiger partial charge in [-0.25, -0.2) is 5.43 Å². The summed E-state index contributed by atoms with van der Waals surface area (Å²) in [5.74, 6) is 1.89. The Hall–Kier alpha value is -4.09. The summed E-state index contributed by atoms with van der Waals surface area (Å²) in [6.45, 7) is 0. The van der Waals surface area contributed by atoms with E-state index in [1.54, 1.807) is 43.8 Å². The zero-order chi connectivity index (χ0) is 26.2. The molecular formula is C25H23ClN6O4S. The van der Waals surface area contributed by atoms with E-state index in [1.165, 1.54) is 32.2 Å².